The molecule has 0 saturated carbocycles. The van der Waals surface area contributed by atoms with Crippen LogP contribution in [0.3, 0.4) is 0 Å². The van der Waals surface area contributed by atoms with Gasteiger partial charge in [0.2, 0.25) is 0 Å². The van der Waals surface area contributed by atoms with E-state index in [1.54, 1.807) is 0 Å². The highest BCUT2D eigenvalue weighted by Crippen LogP contribution is 2.27. The molecule has 0 N–H and O–H groups in total. The lowest BCUT2D eigenvalue weighted by Gasteiger charge is -2.40. The van der Waals surface area contributed by atoms with Gasteiger partial charge in [-0.15, -0.1) is 0 Å². The number of hydrogen-bond donors (Lipinski definition) is 0. The van der Waals surface area contributed by atoms with Gasteiger partial charge in [0.1, 0.15) is 12.2 Å². The van der Waals surface area contributed by atoms with E-state index in [0.717, 1.165) is 27.0 Å². The lowest BCUT2D eigenvalue weighted by Crippen LogP contribution is -2.58. The van der Waals surface area contributed by atoms with Gasteiger partial charge in [0.25, 0.3) is 6.23 Å². The second kappa shape index (κ2) is 13.8. The lowest BCUT2D eigenvalue weighted by atomic mass is 10.0. The Balaban J connectivity index is 1.42. The average molecular weight is 524 g/mol. The fraction of sp³-hybridized carbons (Fsp3) is 0.242. The maximum Gasteiger partial charge on any atom is 0.297 e. The monoisotopic (exact) mass is 523 g/mol. The van der Waals surface area contributed by atoms with Crippen molar-refractivity contribution >= 4 is 6.21 Å². The molecule has 1 saturated heterocycles. The first-order valence-corrected chi connectivity index (χ1v) is 13.2. The van der Waals surface area contributed by atoms with E-state index in [-0.39, 0.29) is 6.61 Å². The van der Waals surface area contributed by atoms with Crippen LogP contribution in [0.1, 0.15) is 22.3 Å². The number of benzene rings is 4. The molecule has 0 spiro atoms. The smallest absolute Gasteiger partial charge is 0.297 e. The molecule has 6 heteroatoms. The Kier molecular flexibility index (Phi) is 9.50. The summed E-state index contributed by atoms with van der Waals surface area (Å²) in [6, 6.07) is 39.3. The third-order valence-corrected chi connectivity index (χ3v) is 6.61. The van der Waals surface area contributed by atoms with E-state index < -0.39 is 24.5 Å². The Morgan fingerprint density at radius 1 is 0.615 bits per heavy atom. The predicted octanol–water partition coefficient (Wildman–Crippen LogP) is 5.73. The van der Waals surface area contributed by atoms with Crippen LogP contribution in [0.5, 0.6) is 0 Å². The number of ether oxygens (including phenoxy) is 4. The van der Waals surface area contributed by atoms with Gasteiger partial charge >= 0.3 is 0 Å². The van der Waals surface area contributed by atoms with Gasteiger partial charge in [0.05, 0.1) is 26.4 Å². The molecule has 1 heterocycles. The van der Waals surface area contributed by atoms with Gasteiger partial charge in [-0.1, -0.05) is 109 Å². The third-order valence-electron chi connectivity index (χ3n) is 6.61. The van der Waals surface area contributed by atoms with Gasteiger partial charge in [0, 0.05) is 5.56 Å². The molecular weight excluding hydrogens is 490 g/mol. The molecule has 4 aromatic carbocycles. The van der Waals surface area contributed by atoms with Crippen LogP contribution >= 0.6 is 0 Å². The standard InChI is InChI=1S/C33H33NO5/c35-34(21-26-13-5-1-6-14-26)33-32(38-24-29-19-11-4-12-20-29)31(37-23-28-17-9-3-10-18-28)30(25-39-33)36-22-27-15-7-2-8-16-27/h1-21,30-33H,22-25H2/b34-21+/t30-,31-,32+,33-/m0/s1. The minimum absolute atomic E-state index is 0.198. The summed E-state index contributed by atoms with van der Waals surface area (Å²) in [7, 11) is 0. The van der Waals surface area contributed by atoms with Crippen LogP contribution in [0.15, 0.2) is 121 Å². The molecule has 39 heavy (non-hydrogen) atoms. The summed E-state index contributed by atoms with van der Waals surface area (Å²) >= 11 is 0. The van der Waals surface area contributed by atoms with E-state index in [1.807, 2.05) is 121 Å². The van der Waals surface area contributed by atoms with Gasteiger partial charge in [-0.2, -0.15) is 4.74 Å². The van der Waals surface area contributed by atoms with Crippen LogP contribution in [-0.4, -0.2) is 42.1 Å². The Morgan fingerprint density at radius 2 is 1.05 bits per heavy atom. The molecule has 1 aliphatic rings. The molecule has 0 aliphatic carbocycles. The maximum atomic E-state index is 13.5. The van der Waals surface area contributed by atoms with Crippen LogP contribution in [0.4, 0.5) is 0 Å². The van der Waals surface area contributed by atoms with Crippen molar-refractivity contribution < 1.29 is 23.7 Å². The molecule has 0 bridgehead atoms. The molecule has 0 radical (unpaired) electrons. The molecule has 1 aliphatic heterocycles. The molecule has 200 valence electrons. The molecule has 6 nitrogen and oxygen atoms in total. The fourth-order valence-electron chi connectivity index (χ4n) is 4.57. The first-order chi connectivity index (χ1) is 19.3. The Morgan fingerprint density at radius 3 is 1.56 bits per heavy atom. The van der Waals surface area contributed by atoms with Crippen molar-refractivity contribution in [1.29, 1.82) is 0 Å². The zero-order valence-corrected chi connectivity index (χ0v) is 21.8. The van der Waals surface area contributed by atoms with Crippen molar-refractivity contribution in [2.75, 3.05) is 6.61 Å². The van der Waals surface area contributed by atoms with E-state index in [1.165, 1.54) is 6.21 Å². The van der Waals surface area contributed by atoms with E-state index in [0.29, 0.717) is 19.8 Å². The lowest BCUT2D eigenvalue weighted by molar-refractivity contribution is -0.580. The van der Waals surface area contributed by atoms with Crippen LogP contribution in [-0.2, 0) is 38.8 Å². The van der Waals surface area contributed by atoms with Gasteiger partial charge in [-0.05, 0) is 28.8 Å². The van der Waals surface area contributed by atoms with Crippen LogP contribution in [0, 0.1) is 5.21 Å². The van der Waals surface area contributed by atoms with Crippen molar-refractivity contribution in [3.05, 3.63) is 149 Å². The van der Waals surface area contributed by atoms with Crippen molar-refractivity contribution in [1.82, 2.24) is 0 Å². The summed E-state index contributed by atoms with van der Waals surface area (Å²) in [6.07, 6.45) is -1.07. The molecule has 0 unspecified atom stereocenters. The SMILES string of the molecule is [O-]/[N+](=C/c1ccccc1)[C@H]1OC[C@H](OCc2ccccc2)[C@H](OCc2ccccc2)[C@H]1OCc1ccccc1. The molecule has 0 aromatic heterocycles. The summed E-state index contributed by atoms with van der Waals surface area (Å²) in [6.45, 7) is 1.26. The summed E-state index contributed by atoms with van der Waals surface area (Å²) in [4.78, 5) is 0. The molecule has 0 amide bonds. The van der Waals surface area contributed by atoms with E-state index in [9.17, 15) is 5.21 Å². The number of hydrogen-bond acceptors (Lipinski definition) is 5. The highest BCUT2D eigenvalue weighted by Gasteiger charge is 2.47. The van der Waals surface area contributed by atoms with Crippen LogP contribution < -0.4 is 0 Å². The summed E-state index contributed by atoms with van der Waals surface area (Å²) < 4.78 is 26.2. The molecule has 1 fully saturated rings. The largest absolute Gasteiger partial charge is 0.622 e. The van der Waals surface area contributed by atoms with E-state index in [2.05, 4.69) is 0 Å². The molecule has 4 aromatic rings. The molecular formula is C33H33NO5. The first kappa shape index (κ1) is 26.8. The Bertz CT molecular complexity index is 1290. The summed E-state index contributed by atoms with van der Waals surface area (Å²) in [5.74, 6) is 0. The van der Waals surface area contributed by atoms with Crippen LogP contribution in [0.2, 0.25) is 0 Å². The quantitative estimate of drug-likeness (QED) is 0.109. The van der Waals surface area contributed by atoms with Crippen LogP contribution in [0.25, 0.3) is 0 Å². The predicted molar refractivity (Wildman–Crippen MR) is 150 cm³/mol. The van der Waals surface area contributed by atoms with Gasteiger partial charge in [-0.3, -0.25) is 0 Å². The second-order valence-corrected chi connectivity index (χ2v) is 9.48. The minimum Gasteiger partial charge on any atom is -0.622 e. The van der Waals surface area contributed by atoms with Gasteiger partial charge in [0.15, 0.2) is 12.3 Å². The third kappa shape index (κ3) is 7.62. The second-order valence-electron chi connectivity index (χ2n) is 9.48. The minimum atomic E-state index is -0.911. The zero-order chi connectivity index (χ0) is 26.7. The van der Waals surface area contributed by atoms with E-state index in [4.69, 9.17) is 18.9 Å². The number of rotatable bonds is 11. The highest BCUT2D eigenvalue weighted by atomic mass is 16.6. The van der Waals surface area contributed by atoms with Gasteiger partial charge < -0.3 is 24.2 Å². The zero-order valence-electron chi connectivity index (χ0n) is 21.8. The van der Waals surface area contributed by atoms with Crippen molar-refractivity contribution in [3.8, 4) is 0 Å². The normalized spacial score (nSPS) is 21.5. The molecule has 5 rings (SSSR count). The maximum absolute atomic E-state index is 13.5. The van der Waals surface area contributed by atoms with Crippen molar-refractivity contribution in [2.24, 2.45) is 0 Å². The fourth-order valence-corrected chi connectivity index (χ4v) is 4.57. The Labute approximate surface area is 229 Å². The highest BCUT2D eigenvalue weighted by molar-refractivity contribution is 5.75. The first-order valence-electron chi connectivity index (χ1n) is 13.2. The van der Waals surface area contributed by atoms with Gasteiger partial charge in [-0.25, -0.2) is 0 Å². The summed E-state index contributed by atoms with van der Waals surface area (Å²) in [5.41, 5.74) is 3.85. The number of hydroxylamine groups is 1. The Hall–Kier alpha value is -3.81. The molecule has 4 atom stereocenters. The van der Waals surface area contributed by atoms with Crippen molar-refractivity contribution in [2.45, 2.75) is 44.4 Å². The van der Waals surface area contributed by atoms with Crippen molar-refractivity contribution in [3.63, 3.8) is 0 Å². The number of nitrogens with zero attached hydrogens (tertiary/aromatic N) is 1. The van der Waals surface area contributed by atoms with E-state index >= 15 is 0 Å². The summed E-state index contributed by atoms with van der Waals surface area (Å²) in [5, 5.41) is 13.5. The topological polar surface area (TPSA) is 63.0 Å². The average Bonchev–Trinajstić information content (AvgIpc) is 3.00.